The Bertz CT molecular complexity index is 899. The lowest BCUT2D eigenvalue weighted by atomic mass is 9.80. The fourth-order valence-electron chi connectivity index (χ4n) is 5.47. The third kappa shape index (κ3) is 4.37. The molecule has 1 saturated heterocycles. The van der Waals surface area contributed by atoms with Crippen LogP contribution in [0, 0.1) is 11.8 Å². The maximum atomic E-state index is 5.70. The van der Waals surface area contributed by atoms with Gasteiger partial charge in [-0.3, -0.25) is 0 Å². The van der Waals surface area contributed by atoms with Crippen molar-refractivity contribution in [1.29, 1.82) is 0 Å². The zero-order chi connectivity index (χ0) is 21.2. The van der Waals surface area contributed by atoms with E-state index in [1.165, 1.54) is 29.8 Å². The molecule has 2 aromatic rings. The van der Waals surface area contributed by atoms with Crippen LogP contribution in [0.15, 0.2) is 36.5 Å². The molecule has 0 bridgehead atoms. The molecular formula is C25H34N4O2. The lowest BCUT2D eigenvalue weighted by Crippen LogP contribution is -2.37. The molecule has 1 aromatic carbocycles. The Balaban J connectivity index is 1.44. The summed E-state index contributed by atoms with van der Waals surface area (Å²) < 4.78 is 11.3. The van der Waals surface area contributed by atoms with E-state index in [4.69, 9.17) is 9.47 Å². The first-order chi connectivity index (χ1) is 15.2. The van der Waals surface area contributed by atoms with Crippen LogP contribution in [0.1, 0.15) is 31.7 Å². The fraction of sp³-hybridized carbons (Fsp3) is 0.560. The lowest BCUT2D eigenvalue weighted by Gasteiger charge is -2.37. The van der Waals surface area contributed by atoms with Crippen molar-refractivity contribution in [1.82, 2.24) is 4.98 Å². The second-order valence-corrected chi connectivity index (χ2v) is 9.25. The van der Waals surface area contributed by atoms with Crippen molar-refractivity contribution in [2.75, 3.05) is 55.1 Å². The Kier molecular flexibility index (Phi) is 6.01. The molecule has 3 aliphatic rings. The first-order valence-corrected chi connectivity index (χ1v) is 11.7. The molecule has 0 amide bonds. The Morgan fingerprint density at radius 2 is 2.06 bits per heavy atom. The highest BCUT2D eigenvalue weighted by Gasteiger charge is 2.30. The molecule has 6 nitrogen and oxygen atoms in total. The smallest absolute Gasteiger partial charge is 0.135 e. The predicted octanol–water partition coefficient (Wildman–Crippen LogP) is 4.43. The van der Waals surface area contributed by atoms with Crippen LogP contribution >= 0.6 is 0 Å². The topological polar surface area (TPSA) is 49.9 Å². The summed E-state index contributed by atoms with van der Waals surface area (Å²) in [4.78, 5) is 9.63. The van der Waals surface area contributed by atoms with Gasteiger partial charge in [-0.2, -0.15) is 0 Å². The van der Waals surface area contributed by atoms with Crippen LogP contribution in [0.2, 0.25) is 0 Å². The quantitative estimate of drug-likeness (QED) is 0.787. The Morgan fingerprint density at radius 1 is 1.19 bits per heavy atom. The van der Waals surface area contributed by atoms with E-state index < -0.39 is 0 Å². The van der Waals surface area contributed by atoms with Crippen molar-refractivity contribution in [3.8, 4) is 0 Å². The van der Waals surface area contributed by atoms with E-state index in [1.54, 1.807) is 0 Å². The standard InChI is InChI=1S/C25H34N4O2/c1-18-14-19(5-8-24(18)30-2)16-29-17-20-4-3-9-26-25(20)27-22-7-6-21(15-23(22)29)28-10-12-31-13-11-28/h3-4,6-7,9,15,18-19,24H,5,8,10-14,16-17H2,1-2H3,(H,26,27)/t18-,19+,24+/m1/s1. The summed E-state index contributed by atoms with van der Waals surface area (Å²) in [6.45, 7) is 7.79. The number of aromatic nitrogens is 1. The van der Waals surface area contributed by atoms with Gasteiger partial charge in [0.2, 0.25) is 0 Å². The molecule has 5 rings (SSSR count). The number of nitrogens with zero attached hydrogens (tertiary/aromatic N) is 3. The highest BCUT2D eigenvalue weighted by atomic mass is 16.5. The molecule has 1 saturated carbocycles. The molecule has 166 valence electrons. The van der Waals surface area contributed by atoms with Crippen LogP contribution in [0.4, 0.5) is 22.9 Å². The summed E-state index contributed by atoms with van der Waals surface area (Å²) >= 11 is 0. The van der Waals surface area contributed by atoms with Crippen molar-refractivity contribution in [3.05, 3.63) is 42.1 Å². The first kappa shape index (κ1) is 20.6. The summed E-state index contributed by atoms with van der Waals surface area (Å²) in [5, 5.41) is 3.61. The minimum absolute atomic E-state index is 0.409. The van der Waals surface area contributed by atoms with E-state index in [0.29, 0.717) is 17.9 Å². The molecular weight excluding hydrogens is 388 g/mol. The monoisotopic (exact) mass is 422 g/mol. The van der Waals surface area contributed by atoms with Gasteiger partial charge in [-0.05, 0) is 55.4 Å². The molecule has 0 radical (unpaired) electrons. The maximum Gasteiger partial charge on any atom is 0.135 e. The van der Waals surface area contributed by atoms with E-state index in [0.717, 1.165) is 57.3 Å². The number of morpholine rings is 1. The molecule has 1 aliphatic carbocycles. The summed E-state index contributed by atoms with van der Waals surface area (Å²) in [5.41, 5.74) is 4.96. The van der Waals surface area contributed by atoms with Crippen LogP contribution in [-0.2, 0) is 16.0 Å². The Labute approximate surface area is 185 Å². The predicted molar refractivity (Wildman–Crippen MR) is 125 cm³/mol. The van der Waals surface area contributed by atoms with Crippen molar-refractivity contribution >= 4 is 22.9 Å². The summed E-state index contributed by atoms with van der Waals surface area (Å²) in [6, 6.07) is 11.1. The second kappa shape index (κ2) is 9.05. The molecule has 0 unspecified atom stereocenters. The van der Waals surface area contributed by atoms with E-state index >= 15 is 0 Å². The van der Waals surface area contributed by atoms with Gasteiger partial charge in [0.15, 0.2) is 0 Å². The van der Waals surface area contributed by atoms with Crippen LogP contribution in [0.25, 0.3) is 0 Å². The van der Waals surface area contributed by atoms with E-state index in [9.17, 15) is 0 Å². The summed E-state index contributed by atoms with van der Waals surface area (Å²) in [7, 11) is 1.86. The van der Waals surface area contributed by atoms with Crippen molar-refractivity contribution in [3.63, 3.8) is 0 Å². The van der Waals surface area contributed by atoms with Crippen LogP contribution in [-0.4, -0.2) is 51.0 Å². The largest absolute Gasteiger partial charge is 0.381 e. The molecule has 3 heterocycles. The number of hydrogen-bond acceptors (Lipinski definition) is 6. The highest BCUT2D eigenvalue weighted by Crippen LogP contribution is 2.40. The van der Waals surface area contributed by atoms with E-state index in [1.807, 2.05) is 19.4 Å². The molecule has 1 N–H and O–H groups in total. The number of benzene rings is 1. The molecule has 6 heteroatoms. The molecule has 2 aliphatic heterocycles. The number of anilines is 4. The van der Waals surface area contributed by atoms with Gasteiger partial charge in [0.05, 0.1) is 30.7 Å². The Morgan fingerprint density at radius 3 is 2.87 bits per heavy atom. The van der Waals surface area contributed by atoms with Gasteiger partial charge in [0.25, 0.3) is 0 Å². The van der Waals surface area contributed by atoms with Crippen LogP contribution < -0.4 is 15.1 Å². The molecule has 31 heavy (non-hydrogen) atoms. The molecule has 1 aromatic heterocycles. The van der Waals surface area contributed by atoms with Gasteiger partial charge < -0.3 is 24.6 Å². The third-order valence-corrected chi connectivity index (χ3v) is 7.18. The number of methoxy groups -OCH3 is 1. The van der Waals surface area contributed by atoms with Crippen LogP contribution in [0.3, 0.4) is 0 Å². The number of rotatable bonds is 4. The Hall–Kier alpha value is -2.31. The van der Waals surface area contributed by atoms with Gasteiger partial charge in [-0.1, -0.05) is 13.0 Å². The van der Waals surface area contributed by atoms with Crippen LogP contribution in [0.5, 0.6) is 0 Å². The lowest BCUT2D eigenvalue weighted by molar-refractivity contribution is 0.0163. The molecule has 0 spiro atoms. The highest BCUT2D eigenvalue weighted by molar-refractivity contribution is 5.81. The van der Waals surface area contributed by atoms with Crippen molar-refractivity contribution in [2.45, 2.75) is 38.8 Å². The average Bonchev–Trinajstić information content (AvgIpc) is 2.96. The van der Waals surface area contributed by atoms with Crippen molar-refractivity contribution < 1.29 is 9.47 Å². The zero-order valence-electron chi connectivity index (χ0n) is 18.7. The maximum absolute atomic E-state index is 5.70. The number of pyridine rings is 1. The number of nitrogens with one attached hydrogen (secondary N) is 1. The molecule has 2 fully saturated rings. The summed E-state index contributed by atoms with van der Waals surface area (Å²) in [5.74, 6) is 2.27. The summed E-state index contributed by atoms with van der Waals surface area (Å²) in [6.07, 6.45) is 5.89. The van der Waals surface area contributed by atoms with E-state index in [-0.39, 0.29) is 0 Å². The number of hydrogen-bond donors (Lipinski definition) is 1. The minimum Gasteiger partial charge on any atom is -0.381 e. The van der Waals surface area contributed by atoms with Crippen molar-refractivity contribution in [2.24, 2.45) is 11.8 Å². The zero-order valence-corrected chi connectivity index (χ0v) is 18.7. The van der Waals surface area contributed by atoms with Gasteiger partial charge in [-0.25, -0.2) is 4.98 Å². The normalized spacial score (nSPS) is 25.9. The average molecular weight is 423 g/mol. The van der Waals surface area contributed by atoms with Gasteiger partial charge >= 0.3 is 0 Å². The number of ether oxygens (including phenoxy) is 2. The van der Waals surface area contributed by atoms with Gasteiger partial charge in [0.1, 0.15) is 5.82 Å². The third-order valence-electron chi connectivity index (χ3n) is 7.18. The number of fused-ring (bicyclic) bond motifs is 2. The van der Waals surface area contributed by atoms with E-state index in [2.05, 4.69) is 51.3 Å². The minimum atomic E-state index is 0.409. The first-order valence-electron chi connectivity index (χ1n) is 11.7. The molecule has 3 atom stereocenters. The SMILES string of the molecule is CO[C@H]1CC[C@H](CN2Cc3cccnc3Nc3ccc(N4CCOCC4)cc32)C[C@H]1C. The van der Waals surface area contributed by atoms with Gasteiger partial charge in [-0.15, -0.1) is 0 Å². The second-order valence-electron chi connectivity index (χ2n) is 9.25. The van der Waals surface area contributed by atoms with Gasteiger partial charge in [0, 0.05) is 50.7 Å². The fourth-order valence-corrected chi connectivity index (χ4v) is 5.47.